The van der Waals surface area contributed by atoms with Crippen LogP contribution in [0.15, 0.2) is 52.8 Å². The lowest BCUT2D eigenvalue weighted by atomic mass is 10.1. The van der Waals surface area contributed by atoms with Crippen LogP contribution in [0.25, 0.3) is 0 Å². The number of benzene rings is 1. The Kier molecular flexibility index (Phi) is 4.12. The van der Waals surface area contributed by atoms with Crippen LogP contribution in [0.4, 0.5) is 0 Å². The molecule has 3 nitrogen and oxygen atoms in total. The lowest BCUT2D eigenvalue weighted by Gasteiger charge is -2.08. The summed E-state index contributed by atoms with van der Waals surface area (Å²) >= 11 is 1.58. The van der Waals surface area contributed by atoms with Crippen molar-refractivity contribution in [3.05, 3.63) is 48.4 Å². The minimum absolute atomic E-state index is 0.367. The average Bonchev–Trinajstić information content (AvgIpc) is 2.40. The van der Waals surface area contributed by atoms with Crippen LogP contribution in [0.5, 0.6) is 0 Å². The normalized spacial score (nSPS) is 12.4. The molecule has 0 aliphatic rings. The van der Waals surface area contributed by atoms with Gasteiger partial charge in [0.15, 0.2) is 0 Å². The van der Waals surface area contributed by atoms with Crippen LogP contribution in [-0.4, -0.2) is 15.1 Å². The predicted octanol–water partition coefficient (Wildman–Crippen LogP) is 3.07. The van der Waals surface area contributed by atoms with Gasteiger partial charge in [0.2, 0.25) is 0 Å². The molecular weight excluding hydrogens is 232 g/mol. The highest BCUT2D eigenvalue weighted by Gasteiger charge is 2.04. The van der Waals surface area contributed by atoms with Crippen LogP contribution in [0.3, 0.4) is 0 Å². The molecule has 1 aromatic carbocycles. The summed E-state index contributed by atoms with van der Waals surface area (Å²) in [5.41, 5.74) is 0.958. The summed E-state index contributed by atoms with van der Waals surface area (Å²) in [5, 5.41) is 10.6. The molecule has 17 heavy (non-hydrogen) atoms. The topological polar surface area (TPSA) is 46.0 Å². The molecule has 2 aromatic rings. The van der Waals surface area contributed by atoms with E-state index in [0.717, 1.165) is 21.9 Å². The van der Waals surface area contributed by atoms with E-state index in [1.807, 2.05) is 37.3 Å². The molecular formula is C13H14N2OS. The smallest absolute Gasteiger partial charge is 0.116 e. The maximum absolute atomic E-state index is 9.68. The zero-order chi connectivity index (χ0) is 12.1. The van der Waals surface area contributed by atoms with E-state index in [1.54, 1.807) is 18.0 Å². The highest BCUT2D eigenvalue weighted by molar-refractivity contribution is 7.99. The molecule has 0 spiro atoms. The quantitative estimate of drug-likeness (QED) is 0.842. The van der Waals surface area contributed by atoms with E-state index >= 15 is 0 Å². The van der Waals surface area contributed by atoms with Gasteiger partial charge in [0.25, 0.3) is 0 Å². The summed E-state index contributed by atoms with van der Waals surface area (Å²) in [7, 11) is 0. The van der Waals surface area contributed by atoms with Gasteiger partial charge in [-0.15, -0.1) is 0 Å². The van der Waals surface area contributed by atoms with Gasteiger partial charge in [-0.05, 0) is 30.2 Å². The molecule has 0 unspecified atom stereocenters. The second-order valence-electron chi connectivity index (χ2n) is 3.64. The largest absolute Gasteiger partial charge is 0.388 e. The van der Waals surface area contributed by atoms with Crippen LogP contribution in [0, 0.1) is 0 Å². The number of hydrogen-bond acceptors (Lipinski definition) is 4. The third-order valence-corrected chi connectivity index (χ3v) is 3.39. The second kappa shape index (κ2) is 5.80. The van der Waals surface area contributed by atoms with Gasteiger partial charge in [-0.25, -0.2) is 9.97 Å². The van der Waals surface area contributed by atoms with Gasteiger partial charge in [0.1, 0.15) is 11.4 Å². The minimum atomic E-state index is -0.367. The van der Waals surface area contributed by atoms with Crippen molar-refractivity contribution in [1.82, 2.24) is 9.97 Å². The zero-order valence-electron chi connectivity index (χ0n) is 9.58. The molecule has 0 radical (unpaired) electrons. The van der Waals surface area contributed by atoms with E-state index in [0.29, 0.717) is 0 Å². The molecule has 0 aliphatic carbocycles. The Morgan fingerprint density at radius 3 is 2.59 bits per heavy atom. The van der Waals surface area contributed by atoms with Crippen molar-refractivity contribution in [2.75, 3.05) is 0 Å². The maximum Gasteiger partial charge on any atom is 0.116 e. The standard InChI is InChI=1S/C13H14N2OS/c1-2-12(16)10-3-5-11(6-4-10)17-13-7-8-14-9-15-13/h3-9,12,16H,2H2,1H3/t12-/m0/s1. The minimum Gasteiger partial charge on any atom is -0.388 e. The Morgan fingerprint density at radius 1 is 1.24 bits per heavy atom. The number of aromatic nitrogens is 2. The number of nitrogens with zero attached hydrogens (tertiary/aromatic N) is 2. The van der Waals surface area contributed by atoms with Gasteiger partial charge in [-0.1, -0.05) is 30.8 Å². The number of aliphatic hydroxyl groups is 1. The van der Waals surface area contributed by atoms with Crippen molar-refractivity contribution < 1.29 is 5.11 Å². The first-order valence-corrected chi connectivity index (χ1v) is 6.33. The van der Waals surface area contributed by atoms with Gasteiger partial charge in [0, 0.05) is 11.1 Å². The molecule has 1 aromatic heterocycles. The summed E-state index contributed by atoms with van der Waals surface area (Å²) < 4.78 is 0. The van der Waals surface area contributed by atoms with Gasteiger partial charge in [-0.2, -0.15) is 0 Å². The van der Waals surface area contributed by atoms with E-state index in [1.165, 1.54) is 6.33 Å². The molecule has 0 bridgehead atoms. The first-order chi connectivity index (χ1) is 8.29. The van der Waals surface area contributed by atoms with Crippen LogP contribution < -0.4 is 0 Å². The summed E-state index contributed by atoms with van der Waals surface area (Å²) in [5.74, 6) is 0. The van der Waals surface area contributed by atoms with Crippen molar-refractivity contribution in [2.45, 2.75) is 29.4 Å². The monoisotopic (exact) mass is 246 g/mol. The summed E-state index contributed by atoms with van der Waals surface area (Å²) in [4.78, 5) is 9.14. The van der Waals surface area contributed by atoms with Crippen molar-refractivity contribution >= 4 is 11.8 Å². The maximum atomic E-state index is 9.68. The first kappa shape index (κ1) is 12.1. The molecule has 0 saturated carbocycles. The third kappa shape index (κ3) is 3.28. The van der Waals surface area contributed by atoms with Crippen molar-refractivity contribution in [1.29, 1.82) is 0 Å². The van der Waals surface area contributed by atoms with Gasteiger partial charge >= 0.3 is 0 Å². The Bertz CT molecular complexity index is 459. The van der Waals surface area contributed by atoms with Crippen LogP contribution >= 0.6 is 11.8 Å². The highest BCUT2D eigenvalue weighted by Crippen LogP contribution is 2.27. The Hall–Kier alpha value is -1.39. The molecule has 1 N–H and O–H groups in total. The molecule has 0 fully saturated rings. The number of hydrogen-bond donors (Lipinski definition) is 1. The lowest BCUT2D eigenvalue weighted by Crippen LogP contribution is -1.94. The van der Waals surface area contributed by atoms with Gasteiger partial charge in [0.05, 0.1) is 6.10 Å². The van der Waals surface area contributed by atoms with E-state index in [4.69, 9.17) is 0 Å². The summed E-state index contributed by atoms with van der Waals surface area (Å²) in [6.45, 7) is 1.97. The lowest BCUT2D eigenvalue weighted by molar-refractivity contribution is 0.173. The second-order valence-corrected chi connectivity index (χ2v) is 4.74. The number of rotatable bonds is 4. The Balaban J connectivity index is 2.08. The van der Waals surface area contributed by atoms with E-state index in [2.05, 4.69) is 9.97 Å². The van der Waals surface area contributed by atoms with Crippen molar-refractivity contribution in [2.24, 2.45) is 0 Å². The molecule has 88 valence electrons. The molecule has 4 heteroatoms. The molecule has 1 heterocycles. The number of aliphatic hydroxyl groups excluding tert-OH is 1. The molecule has 2 rings (SSSR count). The Morgan fingerprint density at radius 2 is 2.00 bits per heavy atom. The fourth-order valence-corrected chi connectivity index (χ4v) is 2.20. The summed E-state index contributed by atoms with van der Waals surface area (Å²) in [6, 6.07) is 9.79. The van der Waals surface area contributed by atoms with Gasteiger partial charge in [-0.3, -0.25) is 0 Å². The van der Waals surface area contributed by atoms with Crippen molar-refractivity contribution in [3.8, 4) is 0 Å². The van der Waals surface area contributed by atoms with E-state index in [-0.39, 0.29) is 6.10 Å². The van der Waals surface area contributed by atoms with E-state index in [9.17, 15) is 5.11 Å². The van der Waals surface area contributed by atoms with Gasteiger partial charge < -0.3 is 5.11 Å². The zero-order valence-corrected chi connectivity index (χ0v) is 10.4. The molecule has 1 atom stereocenters. The predicted molar refractivity (Wildman–Crippen MR) is 67.8 cm³/mol. The average molecular weight is 246 g/mol. The fourth-order valence-electron chi connectivity index (χ4n) is 1.45. The molecule has 0 aliphatic heterocycles. The van der Waals surface area contributed by atoms with Crippen LogP contribution in [0.2, 0.25) is 0 Å². The third-order valence-electron chi connectivity index (χ3n) is 2.43. The highest BCUT2D eigenvalue weighted by atomic mass is 32.2. The SMILES string of the molecule is CC[C@H](O)c1ccc(Sc2ccncn2)cc1. The van der Waals surface area contributed by atoms with Crippen LogP contribution in [0.1, 0.15) is 25.0 Å². The van der Waals surface area contributed by atoms with E-state index < -0.39 is 0 Å². The molecule has 0 amide bonds. The van der Waals surface area contributed by atoms with Crippen LogP contribution in [-0.2, 0) is 0 Å². The molecule has 0 saturated heterocycles. The fraction of sp³-hybridized carbons (Fsp3) is 0.231. The first-order valence-electron chi connectivity index (χ1n) is 5.51. The van der Waals surface area contributed by atoms with Crippen molar-refractivity contribution in [3.63, 3.8) is 0 Å². The summed E-state index contributed by atoms with van der Waals surface area (Å²) in [6.07, 6.45) is 3.63. The Labute approximate surface area is 105 Å².